The van der Waals surface area contributed by atoms with Crippen molar-refractivity contribution in [2.75, 3.05) is 54.5 Å². The summed E-state index contributed by atoms with van der Waals surface area (Å²) in [5, 5.41) is 3.55. The molecular weight excluding hydrogens is 266 g/mol. The number of piperazine rings is 1. The fourth-order valence-electron chi connectivity index (χ4n) is 2.69. The fourth-order valence-corrected chi connectivity index (χ4v) is 2.69. The Labute approximate surface area is 127 Å². The van der Waals surface area contributed by atoms with Crippen LogP contribution < -0.4 is 14.8 Å². The summed E-state index contributed by atoms with van der Waals surface area (Å²) in [6, 6.07) is 6.52. The van der Waals surface area contributed by atoms with Gasteiger partial charge in [0, 0.05) is 50.4 Å². The van der Waals surface area contributed by atoms with E-state index in [1.807, 2.05) is 12.1 Å². The summed E-state index contributed by atoms with van der Waals surface area (Å²) < 4.78 is 10.7. The van der Waals surface area contributed by atoms with Gasteiger partial charge < -0.3 is 19.7 Å². The van der Waals surface area contributed by atoms with Crippen molar-refractivity contribution in [2.24, 2.45) is 0 Å². The summed E-state index contributed by atoms with van der Waals surface area (Å²) in [5.41, 5.74) is 1.16. The van der Waals surface area contributed by atoms with Gasteiger partial charge >= 0.3 is 0 Å². The molecule has 0 spiro atoms. The standard InChI is InChI=1S/C16H27N3O2/c1-18-7-8-19(2)14(12-18)11-17-10-13-5-6-15(20-3)9-16(13)21-4/h5-6,9,14,17H,7-8,10-12H2,1-4H3. The van der Waals surface area contributed by atoms with Crippen LogP contribution in [-0.4, -0.2) is 70.3 Å². The van der Waals surface area contributed by atoms with E-state index in [0.29, 0.717) is 6.04 Å². The lowest BCUT2D eigenvalue weighted by atomic mass is 10.1. The maximum Gasteiger partial charge on any atom is 0.127 e. The molecule has 2 rings (SSSR count). The summed E-state index contributed by atoms with van der Waals surface area (Å²) in [7, 11) is 7.75. The second-order valence-electron chi connectivity index (χ2n) is 5.71. The molecule has 0 aliphatic carbocycles. The number of methoxy groups -OCH3 is 2. The molecule has 1 saturated heterocycles. The van der Waals surface area contributed by atoms with Crippen molar-refractivity contribution in [2.45, 2.75) is 12.6 Å². The van der Waals surface area contributed by atoms with Crippen LogP contribution in [0.5, 0.6) is 11.5 Å². The molecular formula is C16H27N3O2. The monoisotopic (exact) mass is 293 g/mol. The minimum Gasteiger partial charge on any atom is -0.497 e. The molecule has 1 aliphatic heterocycles. The number of rotatable bonds is 6. The van der Waals surface area contributed by atoms with E-state index in [9.17, 15) is 0 Å². The number of nitrogens with one attached hydrogen (secondary N) is 1. The van der Waals surface area contributed by atoms with Crippen molar-refractivity contribution in [1.29, 1.82) is 0 Å². The van der Waals surface area contributed by atoms with Crippen molar-refractivity contribution in [3.05, 3.63) is 23.8 Å². The maximum absolute atomic E-state index is 5.43. The van der Waals surface area contributed by atoms with Crippen LogP contribution in [0.25, 0.3) is 0 Å². The van der Waals surface area contributed by atoms with E-state index in [1.54, 1.807) is 14.2 Å². The molecule has 1 aromatic rings. The smallest absolute Gasteiger partial charge is 0.127 e. The van der Waals surface area contributed by atoms with E-state index < -0.39 is 0 Å². The maximum atomic E-state index is 5.43. The van der Waals surface area contributed by atoms with Crippen LogP contribution >= 0.6 is 0 Å². The summed E-state index contributed by atoms with van der Waals surface area (Å²) in [6.07, 6.45) is 0. The van der Waals surface area contributed by atoms with Gasteiger partial charge in [0.25, 0.3) is 0 Å². The quantitative estimate of drug-likeness (QED) is 0.848. The molecule has 0 amide bonds. The molecule has 5 heteroatoms. The van der Waals surface area contributed by atoms with Crippen molar-refractivity contribution in [1.82, 2.24) is 15.1 Å². The predicted molar refractivity (Wildman–Crippen MR) is 85.2 cm³/mol. The van der Waals surface area contributed by atoms with Crippen LogP contribution in [-0.2, 0) is 6.54 Å². The van der Waals surface area contributed by atoms with E-state index in [2.05, 4.69) is 35.3 Å². The molecule has 5 nitrogen and oxygen atoms in total. The molecule has 1 heterocycles. The molecule has 1 atom stereocenters. The van der Waals surface area contributed by atoms with Gasteiger partial charge in [-0.05, 0) is 20.2 Å². The minimum absolute atomic E-state index is 0.563. The zero-order chi connectivity index (χ0) is 15.2. The summed E-state index contributed by atoms with van der Waals surface area (Å²) in [6.45, 7) is 5.19. The summed E-state index contributed by atoms with van der Waals surface area (Å²) in [4.78, 5) is 4.82. The summed E-state index contributed by atoms with van der Waals surface area (Å²) in [5.74, 6) is 1.69. The SMILES string of the molecule is COc1ccc(CNCC2CN(C)CCN2C)c(OC)c1. The molecule has 118 valence electrons. The van der Waals surface area contributed by atoms with E-state index in [0.717, 1.165) is 49.8 Å². The van der Waals surface area contributed by atoms with E-state index in [1.165, 1.54) is 0 Å². The molecule has 0 radical (unpaired) electrons. The molecule has 1 unspecified atom stereocenters. The van der Waals surface area contributed by atoms with Crippen LogP contribution in [0.1, 0.15) is 5.56 Å². The van der Waals surface area contributed by atoms with Gasteiger partial charge in [0.05, 0.1) is 14.2 Å². The van der Waals surface area contributed by atoms with Gasteiger partial charge in [-0.2, -0.15) is 0 Å². The lowest BCUT2D eigenvalue weighted by molar-refractivity contribution is 0.113. The molecule has 0 bridgehead atoms. The van der Waals surface area contributed by atoms with Crippen molar-refractivity contribution < 1.29 is 9.47 Å². The Morgan fingerprint density at radius 1 is 1.19 bits per heavy atom. The second kappa shape index (κ2) is 7.64. The van der Waals surface area contributed by atoms with E-state index in [-0.39, 0.29) is 0 Å². The Kier molecular flexibility index (Phi) is 5.85. The Hall–Kier alpha value is -1.30. The van der Waals surface area contributed by atoms with Crippen LogP contribution in [0, 0.1) is 0 Å². The van der Waals surface area contributed by atoms with Crippen LogP contribution in [0.4, 0.5) is 0 Å². The van der Waals surface area contributed by atoms with Gasteiger partial charge in [-0.25, -0.2) is 0 Å². The zero-order valence-corrected chi connectivity index (χ0v) is 13.6. The second-order valence-corrected chi connectivity index (χ2v) is 5.71. The third-order valence-electron chi connectivity index (χ3n) is 4.17. The lowest BCUT2D eigenvalue weighted by Gasteiger charge is -2.37. The number of hydrogen-bond donors (Lipinski definition) is 1. The zero-order valence-electron chi connectivity index (χ0n) is 13.6. The number of likely N-dealkylation sites (N-methyl/N-ethyl adjacent to an activating group) is 2. The Morgan fingerprint density at radius 3 is 2.71 bits per heavy atom. The van der Waals surface area contributed by atoms with Crippen LogP contribution in [0.15, 0.2) is 18.2 Å². The normalized spacial score (nSPS) is 20.5. The largest absolute Gasteiger partial charge is 0.497 e. The van der Waals surface area contributed by atoms with E-state index >= 15 is 0 Å². The van der Waals surface area contributed by atoms with Crippen molar-refractivity contribution in [3.8, 4) is 11.5 Å². The molecule has 0 saturated carbocycles. The van der Waals surface area contributed by atoms with Gasteiger partial charge in [0.1, 0.15) is 11.5 Å². The van der Waals surface area contributed by atoms with Crippen molar-refractivity contribution >= 4 is 0 Å². The van der Waals surface area contributed by atoms with Gasteiger partial charge in [-0.15, -0.1) is 0 Å². The topological polar surface area (TPSA) is 37.0 Å². The Bertz CT molecular complexity index is 453. The molecule has 0 aromatic heterocycles. The summed E-state index contributed by atoms with van der Waals surface area (Å²) >= 11 is 0. The highest BCUT2D eigenvalue weighted by Gasteiger charge is 2.21. The number of ether oxygens (including phenoxy) is 2. The highest BCUT2D eigenvalue weighted by Crippen LogP contribution is 2.24. The Morgan fingerprint density at radius 2 is 2.00 bits per heavy atom. The first-order chi connectivity index (χ1) is 10.1. The first-order valence-corrected chi connectivity index (χ1v) is 7.44. The first kappa shape index (κ1) is 16.1. The molecule has 1 fully saturated rings. The molecule has 21 heavy (non-hydrogen) atoms. The highest BCUT2D eigenvalue weighted by molar-refractivity contribution is 5.40. The fraction of sp³-hybridized carbons (Fsp3) is 0.625. The number of nitrogens with zero attached hydrogens (tertiary/aromatic N) is 2. The molecule has 1 aliphatic rings. The van der Waals surface area contributed by atoms with Crippen LogP contribution in [0.2, 0.25) is 0 Å². The average molecular weight is 293 g/mol. The van der Waals surface area contributed by atoms with Crippen molar-refractivity contribution in [3.63, 3.8) is 0 Å². The van der Waals surface area contributed by atoms with Gasteiger partial charge in [0.15, 0.2) is 0 Å². The number of benzene rings is 1. The van der Waals surface area contributed by atoms with Gasteiger partial charge in [-0.3, -0.25) is 4.90 Å². The third-order valence-corrected chi connectivity index (χ3v) is 4.17. The van der Waals surface area contributed by atoms with E-state index in [4.69, 9.17) is 9.47 Å². The molecule has 1 aromatic carbocycles. The van der Waals surface area contributed by atoms with Crippen LogP contribution in [0.3, 0.4) is 0 Å². The third kappa shape index (κ3) is 4.33. The molecule has 1 N–H and O–H groups in total. The predicted octanol–water partition coefficient (Wildman–Crippen LogP) is 1.04. The van der Waals surface area contributed by atoms with Gasteiger partial charge in [0.2, 0.25) is 0 Å². The van der Waals surface area contributed by atoms with Gasteiger partial charge in [-0.1, -0.05) is 6.07 Å². The minimum atomic E-state index is 0.563. The first-order valence-electron chi connectivity index (χ1n) is 7.44. The highest BCUT2D eigenvalue weighted by atomic mass is 16.5. The Balaban J connectivity index is 1.88. The lowest BCUT2D eigenvalue weighted by Crippen LogP contribution is -2.53. The number of hydrogen-bond acceptors (Lipinski definition) is 5. The average Bonchev–Trinajstić information content (AvgIpc) is 2.50.